The summed E-state index contributed by atoms with van der Waals surface area (Å²) in [6.07, 6.45) is 0. The molecule has 0 atom stereocenters. The first-order valence-electron chi connectivity index (χ1n) is 18.9. The lowest BCUT2D eigenvalue weighted by Gasteiger charge is -2.26. The van der Waals surface area contributed by atoms with Crippen molar-refractivity contribution in [1.82, 2.24) is 14.5 Å². The van der Waals surface area contributed by atoms with Gasteiger partial charge < -0.3 is 9.47 Å². The van der Waals surface area contributed by atoms with Crippen LogP contribution in [0.25, 0.3) is 72.5 Å². The smallest absolute Gasteiger partial charge is 0.160 e. The van der Waals surface area contributed by atoms with Gasteiger partial charge in [0.1, 0.15) is 0 Å². The molecule has 10 aromatic rings. The molecule has 8 aromatic carbocycles. The second-order valence-electron chi connectivity index (χ2n) is 13.9. The van der Waals surface area contributed by atoms with Gasteiger partial charge in [-0.05, 0) is 83.9 Å². The van der Waals surface area contributed by atoms with Crippen molar-refractivity contribution < 1.29 is 0 Å². The predicted octanol–water partition coefficient (Wildman–Crippen LogP) is 13.7. The lowest BCUT2D eigenvalue weighted by Crippen LogP contribution is -2.09. The largest absolute Gasteiger partial charge is 0.310 e. The first kappa shape index (κ1) is 33.0. The average molecular weight is 717 g/mol. The molecule has 0 bridgehead atoms. The van der Waals surface area contributed by atoms with E-state index in [0.29, 0.717) is 5.82 Å². The first-order chi connectivity index (χ1) is 27.8. The van der Waals surface area contributed by atoms with E-state index in [9.17, 15) is 0 Å². The summed E-state index contributed by atoms with van der Waals surface area (Å²) in [7, 11) is 0. The van der Waals surface area contributed by atoms with Crippen LogP contribution in [0.2, 0.25) is 0 Å². The van der Waals surface area contributed by atoms with Gasteiger partial charge in [-0.2, -0.15) is 0 Å². The van der Waals surface area contributed by atoms with Crippen LogP contribution < -0.4 is 4.90 Å². The Balaban J connectivity index is 1.05. The van der Waals surface area contributed by atoms with E-state index in [0.717, 1.165) is 56.4 Å². The van der Waals surface area contributed by atoms with Crippen molar-refractivity contribution in [2.75, 3.05) is 4.90 Å². The van der Waals surface area contributed by atoms with Gasteiger partial charge in [0.25, 0.3) is 0 Å². The molecule has 10 rings (SSSR count). The van der Waals surface area contributed by atoms with Gasteiger partial charge in [-0.15, -0.1) is 0 Å². The lowest BCUT2D eigenvalue weighted by atomic mass is 10.0. The highest BCUT2D eigenvalue weighted by molar-refractivity contribution is 6.10. The van der Waals surface area contributed by atoms with Crippen LogP contribution >= 0.6 is 0 Å². The fourth-order valence-corrected chi connectivity index (χ4v) is 7.71. The molecule has 0 saturated heterocycles. The van der Waals surface area contributed by atoms with Crippen molar-refractivity contribution >= 4 is 38.9 Å². The van der Waals surface area contributed by atoms with Gasteiger partial charge in [-0.25, -0.2) is 9.97 Å². The quantitative estimate of drug-likeness (QED) is 0.157. The highest BCUT2D eigenvalue weighted by atomic mass is 15.1. The van der Waals surface area contributed by atoms with Crippen molar-refractivity contribution in [1.29, 1.82) is 0 Å². The van der Waals surface area contributed by atoms with Crippen molar-refractivity contribution in [3.8, 4) is 50.7 Å². The van der Waals surface area contributed by atoms with Crippen molar-refractivity contribution in [2.45, 2.75) is 0 Å². The van der Waals surface area contributed by atoms with Crippen LogP contribution in [-0.4, -0.2) is 14.5 Å². The standard InChI is InChI=1S/C52H36N4/c1-5-16-37(17-6-1)48-36-49(54-52(53-48)39-18-7-2-8-19-39)38-28-31-44(32-29-38)55(42-21-9-3-10-22-42)45-25-15-20-40(34-45)41-30-33-51-47(35-41)46-26-13-14-27-50(46)56(51)43-23-11-4-12-24-43/h1-36H. The normalized spacial score (nSPS) is 11.2. The minimum absolute atomic E-state index is 0.705. The maximum Gasteiger partial charge on any atom is 0.160 e. The van der Waals surface area contributed by atoms with Crippen molar-refractivity contribution in [3.05, 3.63) is 218 Å². The Morgan fingerprint density at radius 1 is 0.321 bits per heavy atom. The molecule has 2 aromatic heterocycles. The number of aromatic nitrogens is 3. The molecule has 2 heterocycles. The Morgan fingerprint density at radius 2 is 0.821 bits per heavy atom. The molecule has 0 saturated carbocycles. The maximum absolute atomic E-state index is 5.07. The Bertz CT molecular complexity index is 2880. The van der Waals surface area contributed by atoms with Crippen LogP contribution in [0.3, 0.4) is 0 Å². The monoisotopic (exact) mass is 716 g/mol. The highest BCUT2D eigenvalue weighted by Gasteiger charge is 2.17. The molecule has 0 radical (unpaired) electrons. The zero-order valence-corrected chi connectivity index (χ0v) is 30.6. The molecule has 0 unspecified atom stereocenters. The summed E-state index contributed by atoms with van der Waals surface area (Å²) < 4.78 is 2.36. The molecule has 0 N–H and O–H groups in total. The number of benzene rings is 8. The number of fused-ring (bicyclic) bond motifs is 3. The summed E-state index contributed by atoms with van der Waals surface area (Å²) in [6.45, 7) is 0. The van der Waals surface area contributed by atoms with E-state index in [2.05, 4.69) is 191 Å². The molecule has 0 fully saturated rings. The summed E-state index contributed by atoms with van der Waals surface area (Å²) in [4.78, 5) is 12.4. The molecule has 0 aliphatic rings. The van der Waals surface area contributed by atoms with Crippen LogP contribution in [-0.2, 0) is 0 Å². The Hall–Kier alpha value is -7.56. The van der Waals surface area contributed by atoms with Crippen molar-refractivity contribution in [2.24, 2.45) is 0 Å². The maximum atomic E-state index is 5.07. The van der Waals surface area contributed by atoms with Gasteiger partial charge >= 0.3 is 0 Å². The molecule has 56 heavy (non-hydrogen) atoms. The van der Waals surface area contributed by atoms with E-state index < -0.39 is 0 Å². The van der Waals surface area contributed by atoms with E-state index in [1.807, 2.05) is 36.4 Å². The summed E-state index contributed by atoms with van der Waals surface area (Å²) in [5.74, 6) is 0.705. The number of rotatable bonds is 8. The zero-order chi connectivity index (χ0) is 37.3. The molecule has 0 amide bonds. The van der Waals surface area contributed by atoms with E-state index in [4.69, 9.17) is 9.97 Å². The Kier molecular flexibility index (Phi) is 8.47. The van der Waals surface area contributed by atoms with Gasteiger partial charge in [-0.1, -0.05) is 146 Å². The summed E-state index contributed by atoms with van der Waals surface area (Å²) >= 11 is 0. The third-order valence-corrected chi connectivity index (χ3v) is 10.4. The van der Waals surface area contributed by atoms with Gasteiger partial charge in [0.15, 0.2) is 5.82 Å². The van der Waals surface area contributed by atoms with E-state index >= 15 is 0 Å². The van der Waals surface area contributed by atoms with Gasteiger partial charge in [0.2, 0.25) is 0 Å². The minimum atomic E-state index is 0.705. The first-order valence-corrected chi connectivity index (χ1v) is 18.9. The fourth-order valence-electron chi connectivity index (χ4n) is 7.71. The van der Waals surface area contributed by atoms with Gasteiger partial charge in [-0.3, -0.25) is 0 Å². The van der Waals surface area contributed by atoms with E-state index in [1.54, 1.807) is 0 Å². The van der Waals surface area contributed by atoms with Gasteiger partial charge in [0.05, 0.1) is 22.4 Å². The lowest BCUT2D eigenvalue weighted by molar-refractivity contribution is 1.18. The summed E-state index contributed by atoms with van der Waals surface area (Å²) in [5.41, 5.74) is 13.9. The van der Waals surface area contributed by atoms with Crippen LogP contribution in [0.1, 0.15) is 0 Å². The van der Waals surface area contributed by atoms with Crippen LogP contribution in [0.15, 0.2) is 218 Å². The summed E-state index contributed by atoms with van der Waals surface area (Å²) in [5, 5.41) is 2.48. The van der Waals surface area contributed by atoms with Gasteiger partial charge in [0, 0.05) is 50.2 Å². The number of para-hydroxylation sites is 3. The third kappa shape index (κ3) is 6.19. The minimum Gasteiger partial charge on any atom is -0.310 e. The molecular weight excluding hydrogens is 681 g/mol. The summed E-state index contributed by atoms with van der Waals surface area (Å²) in [6, 6.07) is 76.8. The molecule has 4 nitrogen and oxygen atoms in total. The van der Waals surface area contributed by atoms with Crippen molar-refractivity contribution in [3.63, 3.8) is 0 Å². The molecule has 0 aliphatic carbocycles. The number of nitrogens with zero attached hydrogens (tertiary/aromatic N) is 4. The second kappa shape index (κ2) is 14.3. The van der Waals surface area contributed by atoms with Crippen LogP contribution in [0.5, 0.6) is 0 Å². The highest BCUT2D eigenvalue weighted by Crippen LogP contribution is 2.39. The topological polar surface area (TPSA) is 34.0 Å². The number of hydrogen-bond acceptors (Lipinski definition) is 3. The number of anilines is 3. The van der Waals surface area contributed by atoms with E-state index in [1.165, 1.54) is 27.4 Å². The van der Waals surface area contributed by atoms with E-state index in [-0.39, 0.29) is 0 Å². The molecule has 4 heteroatoms. The SMILES string of the molecule is c1ccc(-c2cc(-c3ccc(N(c4ccccc4)c4cccc(-c5ccc6c(c5)c5ccccc5n6-c5ccccc5)c4)cc3)nc(-c3ccccc3)n2)cc1. The average Bonchev–Trinajstić information content (AvgIpc) is 3.62. The molecule has 264 valence electrons. The predicted molar refractivity (Wildman–Crippen MR) is 233 cm³/mol. The Morgan fingerprint density at radius 3 is 1.54 bits per heavy atom. The fraction of sp³-hybridized carbons (Fsp3) is 0. The Labute approximate surface area is 326 Å². The second-order valence-corrected chi connectivity index (χ2v) is 13.9. The van der Waals surface area contributed by atoms with Crippen LogP contribution in [0, 0.1) is 0 Å². The molecular formula is C52H36N4. The molecule has 0 spiro atoms. The zero-order valence-electron chi connectivity index (χ0n) is 30.6. The molecule has 0 aliphatic heterocycles. The third-order valence-electron chi connectivity index (χ3n) is 10.4. The number of hydrogen-bond donors (Lipinski definition) is 0. The van der Waals surface area contributed by atoms with Crippen LogP contribution in [0.4, 0.5) is 17.1 Å².